The molecule has 9 heteroatoms. The largest absolute Gasteiger partial charge is 0.353 e. The molecule has 5 rings (SSSR count). The molecule has 0 spiro atoms. The van der Waals surface area contributed by atoms with Gasteiger partial charge in [0.05, 0.1) is 12.1 Å². The summed E-state index contributed by atoms with van der Waals surface area (Å²) < 4.78 is 2.77. The number of anilines is 1. The third kappa shape index (κ3) is 5.32. The minimum absolute atomic E-state index is 0.0243. The lowest BCUT2D eigenvalue weighted by Gasteiger charge is -2.38. The van der Waals surface area contributed by atoms with Gasteiger partial charge in [0.2, 0.25) is 5.91 Å². The summed E-state index contributed by atoms with van der Waals surface area (Å²) in [5.74, 6) is 1.09. The number of ketones is 1. The van der Waals surface area contributed by atoms with Crippen molar-refractivity contribution in [2.75, 3.05) is 44.2 Å². The minimum Gasteiger partial charge on any atom is -0.353 e. The molecule has 0 unspecified atom stereocenters. The second-order valence-electron chi connectivity index (χ2n) is 9.86. The molecule has 1 aromatic carbocycles. The first-order chi connectivity index (χ1) is 17.8. The normalized spacial score (nSPS) is 16.1. The van der Waals surface area contributed by atoms with Crippen LogP contribution in [0.15, 0.2) is 59.9 Å². The highest BCUT2D eigenvalue weighted by atomic mass is 79.9. The second kappa shape index (κ2) is 10.5. The molecular formula is C28H30BrN5O3. The molecule has 0 N–H and O–H groups in total. The number of carbonyl (C=O) groups is 3. The van der Waals surface area contributed by atoms with Crippen molar-refractivity contribution in [3.05, 3.63) is 71.0 Å². The summed E-state index contributed by atoms with van der Waals surface area (Å²) in [6.45, 7) is 9.58. The average Bonchev–Trinajstić information content (AvgIpc) is 3.22. The molecule has 0 aliphatic carbocycles. The molecule has 192 valence electrons. The van der Waals surface area contributed by atoms with Crippen molar-refractivity contribution in [3.63, 3.8) is 0 Å². The number of carbonyl (C=O) groups excluding carboxylic acids is 3. The van der Waals surface area contributed by atoms with Crippen LogP contribution < -0.4 is 4.90 Å². The number of nitrogens with zero attached hydrogens (tertiary/aromatic N) is 5. The fourth-order valence-corrected chi connectivity index (χ4v) is 5.52. The Morgan fingerprint density at radius 3 is 2.54 bits per heavy atom. The van der Waals surface area contributed by atoms with Crippen LogP contribution in [-0.4, -0.2) is 76.2 Å². The Morgan fingerprint density at radius 2 is 1.84 bits per heavy atom. The molecule has 37 heavy (non-hydrogen) atoms. The van der Waals surface area contributed by atoms with Crippen LogP contribution in [0, 0.1) is 12.8 Å². The van der Waals surface area contributed by atoms with E-state index in [1.54, 1.807) is 4.90 Å². The van der Waals surface area contributed by atoms with Gasteiger partial charge in [-0.3, -0.25) is 14.4 Å². The number of amides is 2. The van der Waals surface area contributed by atoms with Crippen LogP contribution in [0.3, 0.4) is 0 Å². The monoisotopic (exact) mass is 563 g/mol. The Kier molecular flexibility index (Phi) is 7.15. The van der Waals surface area contributed by atoms with E-state index in [0.29, 0.717) is 38.2 Å². The van der Waals surface area contributed by atoms with E-state index in [2.05, 4.69) is 38.5 Å². The summed E-state index contributed by atoms with van der Waals surface area (Å²) in [6.07, 6.45) is 5.35. The van der Waals surface area contributed by atoms with E-state index in [-0.39, 0.29) is 30.1 Å². The lowest BCUT2D eigenvalue weighted by atomic mass is 9.94. The molecule has 2 aliphatic rings. The van der Waals surface area contributed by atoms with Crippen LogP contribution >= 0.6 is 15.9 Å². The maximum atomic E-state index is 13.6. The zero-order valence-electron chi connectivity index (χ0n) is 20.9. The third-order valence-electron chi connectivity index (χ3n) is 7.17. The van der Waals surface area contributed by atoms with Crippen molar-refractivity contribution in [1.29, 1.82) is 0 Å². The molecule has 0 atom stereocenters. The van der Waals surface area contributed by atoms with Gasteiger partial charge in [-0.2, -0.15) is 0 Å². The molecule has 2 amide bonds. The molecule has 2 aliphatic heterocycles. The predicted molar refractivity (Wildman–Crippen MR) is 147 cm³/mol. The molecule has 8 nitrogen and oxygen atoms in total. The third-order valence-corrected chi connectivity index (χ3v) is 7.67. The molecule has 0 bridgehead atoms. The van der Waals surface area contributed by atoms with E-state index in [1.807, 2.05) is 53.0 Å². The Labute approximate surface area is 224 Å². The van der Waals surface area contributed by atoms with E-state index < -0.39 is 0 Å². The molecule has 3 aromatic rings. The maximum Gasteiger partial charge on any atom is 0.256 e. The number of pyridine rings is 1. The van der Waals surface area contributed by atoms with Crippen LogP contribution in [-0.2, 0) is 16.1 Å². The van der Waals surface area contributed by atoms with E-state index >= 15 is 0 Å². The lowest BCUT2D eigenvalue weighted by Crippen LogP contribution is -2.50. The number of likely N-dealkylation sites (tertiary alicyclic amines) is 1. The summed E-state index contributed by atoms with van der Waals surface area (Å²) in [5, 5.41) is 0.835. The maximum absolute atomic E-state index is 13.6. The molecule has 4 heterocycles. The highest BCUT2D eigenvalue weighted by Crippen LogP contribution is 2.28. The summed E-state index contributed by atoms with van der Waals surface area (Å²) in [7, 11) is 0. The van der Waals surface area contributed by atoms with Gasteiger partial charge < -0.3 is 19.3 Å². The minimum atomic E-state index is -0.0928. The number of hydrogen-bond acceptors (Lipinski definition) is 5. The van der Waals surface area contributed by atoms with Crippen molar-refractivity contribution in [2.24, 2.45) is 5.92 Å². The number of aromatic nitrogens is 2. The Bertz CT molecular complexity index is 1370. The molecule has 2 aromatic heterocycles. The van der Waals surface area contributed by atoms with Gasteiger partial charge in [-0.25, -0.2) is 4.98 Å². The first-order valence-corrected chi connectivity index (χ1v) is 13.3. The van der Waals surface area contributed by atoms with Gasteiger partial charge in [0, 0.05) is 79.4 Å². The quantitative estimate of drug-likeness (QED) is 0.410. The number of halogens is 1. The zero-order valence-corrected chi connectivity index (χ0v) is 22.5. The summed E-state index contributed by atoms with van der Waals surface area (Å²) in [4.78, 5) is 48.4. The van der Waals surface area contributed by atoms with E-state index in [0.717, 1.165) is 39.8 Å². The molecule has 2 fully saturated rings. The molecule has 0 saturated carbocycles. The van der Waals surface area contributed by atoms with Crippen LogP contribution in [0.1, 0.15) is 22.3 Å². The van der Waals surface area contributed by atoms with Crippen molar-refractivity contribution in [1.82, 2.24) is 19.4 Å². The second-order valence-corrected chi connectivity index (χ2v) is 10.8. The number of aryl methyl sites for hydroxylation is 1. The van der Waals surface area contributed by atoms with Crippen LogP contribution in [0.2, 0.25) is 0 Å². The number of piperazine rings is 1. The first-order valence-electron chi connectivity index (χ1n) is 12.5. The fourth-order valence-electron chi connectivity index (χ4n) is 5.16. The van der Waals surface area contributed by atoms with E-state index in [4.69, 9.17) is 0 Å². The van der Waals surface area contributed by atoms with Crippen LogP contribution in [0.25, 0.3) is 10.9 Å². The summed E-state index contributed by atoms with van der Waals surface area (Å²) in [5.41, 5.74) is 2.63. The number of fused-ring (bicyclic) bond motifs is 1. The predicted octanol–water partition coefficient (Wildman–Crippen LogP) is 3.67. The summed E-state index contributed by atoms with van der Waals surface area (Å²) >= 11 is 3.53. The highest BCUT2D eigenvalue weighted by molar-refractivity contribution is 9.10. The Hall–Kier alpha value is -3.46. The summed E-state index contributed by atoms with van der Waals surface area (Å²) in [6, 6.07) is 9.86. The number of hydrogen-bond donors (Lipinski definition) is 0. The van der Waals surface area contributed by atoms with Crippen molar-refractivity contribution >= 4 is 50.2 Å². The van der Waals surface area contributed by atoms with E-state index in [9.17, 15) is 14.4 Å². The van der Waals surface area contributed by atoms with Gasteiger partial charge in [-0.05, 0) is 48.9 Å². The standard InChI is InChI=1S/C28H30BrN5O3/c1-3-27(36)34-15-20(16-34)13-22(35)17-33-18-24(23-14-21(29)4-5-25(23)33)28(37)32-10-8-31(9-11-32)26-12-19(2)6-7-30-26/h3-7,12,14,18,20H,1,8-11,13,15-17H2,2H3. The fraction of sp³-hybridized carbons (Fsp3) is 0.357. The first kappa shape index (κ1) is 25.2. The molecule has 0 radical (unpaired) electrons. The van der Waals surface area contributed by atoms with E-state index in [1.165, 1.54) is 6.08 Å². The number of benzene rings is 1. The smallest absolute Gasteiger partial charge is 0.256 e. The van der Waals surface area contributed by atoms with Gasteiger partial charge in [0.25, 0.3) is 5.91 Å². The topological polar surface area (TPSA) is 78.8 Å². The lowest BCUT2D eigenvalue weighted by molar-refractivity contribution is -0.134. The van der Waals surface area contributed by atoms with Gasteiger partial charge in [-0.15, -0.1) is 0 Å². The highest BCUT2D eigenvalue weighted by Gasteiger charge is 2.31. The average molecular weight is 564 g/mol. The number of rotatable bonds is 7. The van der Waals surface area contributed by atoms with Crippen LogP contribution in [0.4, 0.5) is 5.82 Å². The SMILES string of the molecule is C=CC(=O)N1CC(CC(=O)Cn2cc(C(=O)N3CCN(c4cc(C)ccn4)CC3)c3cc(Br)ccc32)C1. The van der Waals surface area contributed by atoms with Crippen molar-refractivity contribution in [2.45, 2.75) is 19.9 Å². The van der Waals surface area contributed by atoms with Gasteiger partial charge in [-0.1, -0.05) is 22.5 Å². The Morgan fingerprint density at radius 1 is 1.08 bits per heavy atom. The molecular weight excluding hydrogens is 534 g/mol. The number of Topliss-reactive ketones (excluding diaryl/α,β-unsaturated/α-hetero) is 1. The van der Waals surface area contributed by atoms with Crippen molar-refractivity contribution < 1.29 is 14.4 Å². The van der Waals surface area contributed by atoms with Crippen LogP contribution in [0.5, 0.6) is 0 Å². The van der Waals surface area contributed by atoms with Gasteiger partial charge >= 0.3 is 0 Å². The van der Waals surface area contributed by atoms with Crippen molar-refractivity contribution in [3.8, 4) is 0 Å². The zero-order chi connectivity index (χ0) is 26.1. The molecule has 2 saturated heterocycles. The van der Waals surface area contributed by atoms with Gasteiger partial charge in [0.15, 0.2) is 5.78 Å². The van der Waals surface area contributed by atoms with Gasteiger partial charge in [0.1, 0.15) is 5.82 Å². The Balaban J connectivity index is 1.28.